The Hall–Kier alpha value is -4.37. The summed E-state index contributed by atoms with van der Waals surface area (Å²) in [5.41, 5.74) is 5.25. The molecule has 0 bridgehead atoms. The third-order valence-corrected chi connectivity index (χ3v) is 11.4. The maximum Gasteiger partial charge on any atom is 0.315 e. The van der Waals surface area contributed by atoms with E-state index in [0.29, 0.717) is 59.0 Å². The zero-order valence-corrected chi connectivity index (χ0v) is 33.7. The second kappa shape index (κ2) is 19.7. The number of likely N-dealkylation sites (tertiary alicyclic amines) is 2. The van der Waals surface area contributed by atoms with Crippen LogP contribution in [0.1, 0.15) is 66.8 Å². The molecule has 2 aliphatic heterocycles. The smallest absolute Gasteiger partial charge is 0.315 e. The molecule has 296 valence electrons. The van der Waals surface area contributed by atoms with Crippen LogP contribution in [0.15, 0.2) is 67.0 Å². The van der Waals surface area contributed by atoms with Crippen molar-refractivity contribution in [2.24, 2.45) is 5.41 Å². The van der Waals surface area contributed by atoms with Crippen LogP contribution < -0.4 is 14.2 Å². The molecule has 10 nitrogen and oxygen atoms in total. The molecular weight excluding hydrogens is 751 g/mol. The molecule has 0 spiro atoms. The van der Waals surface area contributed by atoms with Gasteiger partial charge in [-0.1, -0.05) is 60.0 Å². The zero-order chi connectivity index (χ0) is 39.5. The maximum atomic E-state index is 12.5. The van der Waals surface area contributed by atoms with E-state index in [1.54, 1.807) is 19.2 Å². The van der Waals surface area contributed by atoms with Crippen molar-refractivity contribution in [3.05, 3.63) is 105 Å². The number of hydrogen-bond donors (Lipinski definition) is 1. The van der Waals surface area contributed by atoms with Gasteiger partial charge in [-0.2, -0.15) is 5.26 Å². The average molecular weight is 802 g/mol. The Balaban J connectivity index is 1.11. The molecule has 56 heavy (non-hydrogen) atoms. The Morgan fingerprint density at radius 2 is 1.70 bits per heavy atom. The number of aliphatic hydroxyl groups is 1. The van der Waals surface area contributed by atoms with Gasteiger partial charge in [0, 0.05) is 54.8 Å². The first-order valence-corrected chi connectivity index (χ1v) is 20.1. The summed E-state index contributed by atoms with van der Waals surface area (Å²) in [6, 6.07) is 19.6. The summed E-state index contributed by atoms with van der Waals surface area (Å²) in [6.45, 7) is 9.59. The first kappa shape index (κ1) is 41.3. The summed E-state index contributed by atoms with van der Waals surface area (Å²) in [6.07, 6.45) is 8.14. The van der Waals surface area contributed by atoms with Gasteiger partial charge in [-0.15, -0.1) is 0 Å². The summed E-state index contributed by atoms with van der Waals surface area (Å²) in [4.78, 5) is 21.3. The lowest BCUT2D eigenvalue weighted by Gasteiger charge is -2.27. The number of pyridine rings is 1. The number of piperidine rings is 1. The highest BCUT2D eigenvalue weighted by molar-refractivity contribution is 6.35. The Morgan fingerprint density at radius 3 is 2.48 bits per heavy atom. The van der Waals surface area contributed by atoms with E-state index in [2.05, 4.69) is 27.8 Å². The molecular formula is C44H50Cl2N4O6. The van der Waals surface area contributed by atoms with E-state index in [9.17, 15) is 15.2 Å². The molecule has 1 unspecified atom stereocenters. The fourth-order valence-electron chi connectivity index (χ4n) is 7.47. The number of aliphatic hydroxyl groups excluding tert-OH is 1. The quantitative estimate of drug-likeness (QED) is 0.0825. The van der Waals surface area contributed by atoms with Crippen molar-refractivity contribution < 1.29 is 28.8 Å². The number of halogens is 2. The van der Waals surface area contributed by atoms with E-state index in [-0.39, 0.29) is 25.8 Å². The molecule has 12 heteroatoms. The third-order valence-electron chi connectivity index (χ3n) is 10.7. The van der Waals surface area contributed by atoms with E-state index in [1.807, 2.05) is 48.5 Å². The fourth-order valence-corrected chi connectivity index (χ4v) is 8.00. The Labute approximate surface area is 339 Å². The molecule has 4 aromatic rings. The largest absolute Gasteiger partial charge is 0.492 e. The molecule has 0 radical (unpaired) electrons. The SMILES string of the molecule is CCOC(=O)C1(CO)CCN(CCCOc2cccc(-c3cccc(COc4cc(OCc5cncc(C#N)c5)c(CN5CCCCC5)cc4Cl)c3C)c2Cl)C1. The van der Waals surface area contributed by atoms with Gasteiger partial charge >= 0.3 is 5.97 Å². The van der Waals surface area contributed by atoms with Crippen LogP contribution >= 0.6 is 23.2 Å². The van der Waals surface area contributed by atoms with Crippen molar-refractivity contribution in [3.63, 3.8) is 0 Å². The summed E-state index contributed by atoms with van der Waals surface area (Å²) in [5.74, 6) is 1.47. The minimum absolute atomic E-state index is 0.219. The lowest BCUT2D eigenvalue weighted by Crippen LogP contribution is -2.39. The number of esters is 1. The fraction of sp³-hybridized carbons (Fsp3) is 0.432. The van der Waals surface area contributed by atoms with Gasteiger partial charge in [-0.05, 0) is 94.1 Å². The van der Waals surface area contributed by atoms with Crippen molar-refractivity contribution >= 4 is 29.2 Å². The lowest BCUT2D eigenvalue weighted by molar-refractivity contribution is -0.157. The predicted octanol–water partition coefficient (Wildman–Crippen LogP) is 8.40. The molecule has 3 heterocycles. The van der Waals surface area contributed by atoms with Gasteiger partial charge in [-0.3, -0.25) is 14.7 Å². The van der Waals surface area contributed by atoms with E-state index in [1.165, 1.54) is 25.5 Å². The monoisotopic (exact) mass is 800 g/mol. The van der Waals surface area contributed by atoms with Crippen LogP contribution in [0.25, 0.3) is 11.1 Å². The number of carbonyl (C=O) groups is 1. The van der Waals surface area contributed by atoms with E-state index in [0.717, 1.165) is 72.5 Å². The number of rotatable bonds is 17. The highest BCUT2D eigenvalue weighted by Crippen LogP contribution is 2.39. The second-order valence-electron chi connectivity index (χ2n) is 14.6. The molecule has 2 fully saturated rings. The number of carbonyl (C=O) groups excluding carboxylic acids is 1. The first-order valence-electron chi connectivity index (χ1n) is 19.4. The number of benzene rings is 3. The molecule has 0 amide bonds. The van der Waals surface area contributed by atoms with Crippen molar-refractivity contribution in [3.8, 4) is 34.4 Å². The molecule has 1 aromatic heterocycles. The van der Waals surface area contributed by atoms with Crippen molar-refractivity contribution in [2.75, 3.05) is 52.5 Å². The maximum absolute atomic E-state index is 12.5. The van der Waals surface area contributed by atoms with Gasteiger partial charge in [0.2, 0.25) is 0 Å². The van der Waals surface area contributed by atoms with E-state index in [4.69, 9.17) is 42.1 Å². The Bertz CT molecular complexity index is 2020. The number of nitriles is 1. The molecule has 2 aliphatic rings. The molecule has 1 atom stereocenters. The molecule has 1 N–H and O–H groups in total. The number of ether oxygens (including phenoxy) is 4. The summed E-state index contributed by atoms with van der Waals surface area (Å²) >= 11 is 13.9. The van der Waals surface area contributed by atoms with Crippen molar-refractivity contribution in [1.82, 2.24) is 14.8 Å². The Kier molecular flexibility index (Phi) is 14.5. The van der Waals surface area contributed by atoms with Gasteiger partial charge in [0.15, 0.2) is 0 Å². The van der Waals surface area contributed by atoms with Crippen LogP contribution in [0.3, 0.4) is 0 Å². The van der Waals surface area contributed by atoms with E-state index >= 15 is 0 Å². The minimum Gasteiger partial charge on any atom is -0.492 e. The van der Waals surface area contributed by atoms with Crippen LogP contribution in [0.4, 0.5) is 0 Å². The number of nitrogens with zero attached hydrogens (tertiary/aromatic N) is 4. The summed E-state index contributed by atoms with van der Waals surface area (Å²) in [5, 5.41) is 20.3. The average Bonchev–Trinajstić information content (AvgIpc) is 3.65. The van der Waals surface area contributed by atoms with Crippen LogP contribution in [-0.4, -0.2) is 78.4 Å². The van der Waals surface area contributed by atoms with Crippen LogP contribution in [0.2, 0.25) is 10.0 Å². The Morgan fingerprint density at radius 1 is 0.911 bits per heavy atom. The summed E-state index contributed by atoms with van der Waals surface area (Å²) < 4.78 is 24.2. The molecule has 6 rings (SSSR count). The molecule has 2 saturated heterocycles. The van der Waals surface area contributed by atoms with Gasteiger partial charge in [0.05, 0.1) is 35.4 Å². The van der Waals surface area contributed by atoms with E-state index < -0.39 is 5.41 Å². The second-order valence-corrected chi connectivity index (χ2v) is 15.4. The summed E-state index contributed by atoms with van der Waals surface area (Å²) in [7, 11) is 0. The van der Waals surface area contributed by atoms with Crippen LogP contribution in [0, 0.1) is 23.7 Å². The predicted molar refractivity (Wildman–Crippen MR) is 217 cm³/mol. The standard InChI is InChI=1S/C44H50Cl2N4O6/c1-3-53-43(52)44(30-51)14-18-50(29-44)17-9-19-54-39-13-8-12-37(42(39)46)36-11-7-10-34(31(36)2)28-56-41-22-40(55-27-33-20-32(23-47)24-48-25-33)35(21-38(41)45)26-49-15-5-4-6-16-49/h7-8,10-13,20-22,24-25,51H,3-6,9,14-19,26-30H2,1-2H3. The van der Waals surface area contributed by atoms with Crippen molar-refractivity contribution in [2.45, 2.75) is 65.7 Å². The number of hydrogen-bond acceptors (Lipinski definition) is 10. The topological polar surface area (TPSA) is 117 Å². The lowest BCUT2D eigenvalue weighted by atomic mass is 9.88. The number of aromatic nitrogens is 1. The van der Waals surface area contributed by atoms with Gasteiger partial charge in [0.25, 0.3) is 0 Å². The van der Waals surface area contributed by atoms with Crippen LogP contribution in [-0.2, 0) is 29.3 Å². The van der Waals surface area contributed by atoms with Crippen LogP contribution in [0.5, 0.6) is 17.2 Å². The highest BCUT2D eigenvalue weighted by Gasteiger charge is 2.45. The van der Waals surface area contributed by atoms with Gasteiger partial charge < -0.3 is 29.0 Å². The van der Waals surface area contributed by atoms with Gasteiger partial charge in [0.1, 0.15) is 41.9 Å². The first-order chi connectivity index (χ1) is 27.2. The zero-order valence-electron chi connectivity index (χ0n) is 32.2. The van der Waals surface area contributed by atoms with Gasteiger partial charge in [-0.25, -0.2) is 0 Å². The minimum atomic E-state index is -0.849. The third kappa shape index (κ3) is 10.1. The molecule has 0 saturated carbocycles. The normalized spacial score (nSPS) is 17.4. The molecule has 3 aromatic carbocycles. The molecule has 0 aliphatic carbocycles. The highest BCUT2D eigenvalue weighted by atomic mass is 35.5. The van der Waals surface area contributed by atoms with Crippen molar-refractivity contribution in [1.29, 1.82) is 5.26 Å².